The largest absolute Gasteiger partial charge is 0.465 e. The molecule has 0 saturated carbocycles. The third kappa shape index (κ3) is 4.19. The van der Waals surface area contributed by atoms with Gasteiger partial charge in [0.1, 0.15) is 29.3 Å². The topological polar surface area (TPSA) is 134 Å². The Hall–Kier alpha value is -4.53. The minimum absolute atomic E-state index is 0.0787. The Kier molecular flexibility index (Phi) is 5.97. The van der Waals surface area contributed by atoms with Crippen LogP contribution >= 0.6 is 0 Å². The van der Waals surface area contributed by atoms with Crippen LogP contribution < -0.4 is 4.74 Å². The van der Waals surface area contributed by atoms with Crippen molar-refractivity contribution in [2.75, 3.05) is 13.1 Å². The smallest absolute Gasteiger partial charge is 0.407 e. The number of aromatic nitrogens is 6. The highest BCUT2D eigenvalue weighted by molar-refractivity contribution is 5.67. The minimum atomic E-state index is -0.905. The van der Waals surface area contributed by atoms with Crippen LogP contribution in [0.5, 0.6) is 6.01 Å². The van der Waals surface area contributed by atoms with E-state index in [4.69, 9.17) is 9.72 Å². The van der Waals surface area contributed by atoms with Crippen LogP contribution in [0.3, 0.4) is 0 Å². The second kappa shape index (κ2) is 9.26. The number of piperidine rings is 1. The van der Waals surface area contributed by atoms with Gasteiger partial charge < -0.3 is 14.7 Å². The second-order valence-corrected chi connectivity index (χ2v) is 8.62. The minimum Gasteiger partial charge on any atom is -0.465 e. The van der Waals surface area contributed by atoms with Gasteiger partial charge in [-0.2, -0.15) is 15.3 Å². The van der Waals surface area contributed by atoms with Crippen molar-refractivity contribution < 1.29 is 19.0 Å². The molecule has 1 fully saturated rings. The Morgan fingerprint density at radius 1 is 1.25 bits per heavy atom. The molecule has 1 aliphatic heterocycles. The highest BCUT2D eigenvalue weighted by Crippen LogP contribution is 2.31. The number of carbonyl (C=O) groups is 1. The third-order valence-corrected chi connectivity index (χ3v) is 6.43. The summed E-state index contributed by atoms with van der Waals surface area (Å²) in [6.45, 7) is 4.61. The Morgan fingerprint density at radius 3 is 2.69 bits per heavy atom. The second-order valence-electron chi connectivity index (χ2n) is 8.62. The number of rotatable bonds is 5. The number of hydrogen-bond acceptors (Lipinski definition) is 7. The van der Waals surface area contributed by atoms with Crippen LogP contribution in [0.4, 0.5) is 9.18 Å². The zero-order valence-electron chi connectivity index (χ0n) is 19.7. The normalized spacial score (nSPS) is 15.1. The fourth-order valence-corrected chi connectivity index (χ4v) is 4.46. The molecule has 0 bridgehead atoms. The van der Waals surface area contributed by atoms with Crippen LogP contribution in [0.15, 0.2) is 36.8 Å². The zero-order valence-corrected chi connectivity index (χ0v) is 19.7. The van der Waals surface area contributed by atoms with Crippen LogP contribution in [-0.2, 0) is 0 Å². The highest BCUT2D eigenvalue weighted by atomic mass is 19.1. The van der Waals surface area contributed by atoms with Crippen LogP contribution in [0, 0.1) is 24.1 Å². The molecule has 1 amide bonds. The Morgan fingerprint density at radius 2 is 2.03 bits per heavy atom. The molecule has 11 nitrogen and oxygen atoms in total. The van der Waals surface area contributed by atoms with Gasteiger partial charge in [-0.3, -0.25) is 9.67 Å². The summed E-state index contributed by atoms with van der Waals surface area (Å²) < 4.78 is 22.8. The molecule has 184 valence electrons. The molecule has 0 aliphatic carbocycles. The molecule has 12 heteroatoms. The number of nitriles is 1. The number of carboxylic acid groups (broad SMARTS) is 1. The maximum atomic E-state index is 13.3. The number of ether oxygens (including phenoxy) is 1. The van der Waals surface area contributed by atoms with Crippen LogP contribution in [-0.4, -0.2) is 58.3 Å². The average Bonchev–Trinajstić information content (AvgIpc) is 3.47. The van der Waals surface area contributed by atoms with E-state index in [1.165, 1.54) is 27.6 Å². The molecule has 1 aliphatic rings. The molecular weight excluding hydrogens is 467 g/mol. The van der Waals surface area contributed by atoms with Gasteiger partial charge in [-0.05, 0) is 38.8 Å². The number of nitrogens with zero attached hydrogens (tertiary/aromatic N) is 8. The van der Waals surface area contributed by atoms with Crippen LogP contribution in [0.1, 0.15) is 49.0 Å². The van der Waals surface area contributed by atoms with E-state index in [9.17, 15) is 19.6 Å². The summed E-state index contributed by atoms with van der Waals surface area (Å²) in [5.41, 5.74) is 3.47. The van der Waals surface area contributed by atoms with E-state index in [-0.39, 0.29) is 17.7 Å². The fraction of sp³-hybridized carbons (Fsp3) is 0.333. The summed E-state index contributed by atoms with van der Waals surface area (Å²) in [4.78, 5) is 25.8. The molecule has 4 aromatic heterocycles. The van der Waals surface area contributed by atoms with E-state index < -0.39 is 18.0 Å². The zero-order chi connectivity index (χ0) is 25.4. The molecular formula is C24H23FN8O3. The SMILES string of the molecule is Cc1c(-c2cc3ncc(C#N)n3c(O[C@H](C)c3ccc(F)cn3)n2)cnn1C1CCN(C(=O)O)CC1. The molecule has 36 heavy (non-hydrogen) atoms. The first-order valence-corrected chi connectivity index (χ1v) is 11.4. The molecule has 5 rings (SSSR count). The van der Waals surface area contributed by atoms with Crippen molar-refractivity contribution in [2.45, 2.75) is 38.8 Å². The summed E-state index contributed by atoms with van der Waals surface area (Å²) in [5, 5.41) is 23.4. The van der Waals surface area contributed by atoms with Crippen molar-refractivity contribution in [1.29, 1.82) is 5.26 Å². The molecule has 1 atom stereocenters. The van der Waals surface area contributed by atoms with Crippen molar-refractivity contribution in [3.05, 3.63) is 59.7 Å². The van der Waals surface area contributed by atoms with Gasteiger partial charge in [0.15, 0.2) is 0 Å². The van der Waals surface area contributed by atoms with Gasteiger partial charge in [-0.25, -0.2) is 18.6 Å². The number of pyridine rings is 1. The molecule has 0 unspecified atom stereocenters. The first-order chi connectivity index (χ1) is 17.4. The number of hydrogen-bond donors (Lipinski definition) is 1. The lowest BCUT2D eigenvalue weighted by atomic mass is 10.0. The van der Waals surface area contributed by atoms with E-state index in [1.807, 2.05) is 11.6 Å². The lowest BCUT2D eigenvalue weighted by molar-refractivity contribution is 0.123. The summed E-state index contributed by atoms with van der Waals surface area (Å²) in [6, 6.07) is 6.92. The predicted molar refractivity (Wildman–Crippen MR) is 125 cm³/mol. The molecule has 0 radical (unpaired) electrons. The quantitative estimate of drug-likeness (QED) is 0.447. The van der Waals surface area contributed by atoms with E-state index >= 15 is 0 Å². The maximum Gasteiger partial charge on any atom is 0.407 e. The summed E-state index contributed by atoms with van der Waals surface area (Å²) in [7, 11) is 0. The lowest BCUT2D eigenvalue weighted by Gasteiger charge is -2.30. The first kappa shape index (κ1) is 23.2. The molecule has 0 spiro atoms. The Bertz CT molecular complexity index is 1470. The van der Waals surface area contributed by atoms with Gasteiger partial charge in [0.2, 0.25) is 0 Å². The average molecular weight is 490 g/mol. The molecule has 5 heterocycles. The monoisotopic (exact) mass is 490 g/mol. The number of likely N-dealkylation sites (tertiary alicyclic amines) is 1. The molecule has 1 saturated heterocycles. The van der Waals surface area contributed by atoms with E-state index in [1.54, 1.807) is 19.2 Å². The van der Waals surface area contributed by atoms with Crippen molar-refractivity contribution in [2.24, 2.45) is 0 Å². The van der Waals surface area contributed by atoms with Crippen molar-refractivity contribution in [3.8, 4) is 23.3 Å². The van der Waals surface area contributed by atoms with Gasteiger partial charge in [0.05, 0.1) is 36.0 Å². The Labute approximate surface area is 205 Å². The fourth-order valence-electron chi connectivity index (χ4n) is 4.46. The first-order valence-electron chi connectivity index (χ1n) is 11.4. The predicted octanol–water partition coefficient (Wildman–Crippen LogP) is 3.76. The van der Waals surface area contributed by atoms with Crippen LogP contribution in [0.25, 0.3) is 16.9 Å². The van der Waals surface area contributed by atoms with Gasteiger partial charge in [-0.15, -0.1) is 0 Å². The summed E-state index contributed by atoms with van der Waals surface area (Å²) in [6.07, 6.45) is 4.14. The van der Waals surface area contributed by atoms with Crippen molar-refractivity contribution in [3.63, 3.8) is 0 Å². The van der Waals surface area contributed by atoms with Crippen molar-refractivity contribution in [1.82, 2.24) is 34.0 Å². The number of fused-ring (bicyclic) bond motifs is 1. The van der Waals surface area contributed by atoms with E-state index in [0.29, 0.717) is 43.0 Å². The summed E-state index contributed by atoms with van der Waals surface area (Å²) >= 11 is 0. The van der Waals surface area contributed by atoms with Gasteiger partial charge in [0, 0.05) is 30.4 Å². The third-order valence-electron chi connectivity index (χ3n) is 6.43. The van der Waals surface area contributed by atoms with Crippen molar-refractivity contribution >= 4 is 11.7 Å². The highest BCUT2D eigenvalue weighted by Gasteiger charge is 2.26. The number of imidazole rings is 1. The number of halogens is 1. The maximum absolute atomic E-state index is 13.3. The van der Waals surface area contributed by atoms with Crippen LogP contribution in [0.2, 0.25) is 0 Å². The molecule has 0 aromatic carbocycles. The van der Waals surface area contributed by atoms with Gasteiger partial charge >= 0.3 is 12.1 Å². The molecule has 1 N–H and O–H groups in total. The van der Waals surface area contributed by atoms with E-state index in [2.05, 4.69) is 21.1 Å². The molecule has 4 aromatic rings. The standard InChI is InChI=1S/C24H23FN8O3/c1-14-19(13-29-33(14)17-5-7-31(8-6-17)24(34)35)21-9-22-28-12-18(10-26)32(22)23(30-21)36-15(2)20-4-3-16(25)11-27-20/h3-4,9,11-13,15,17H,5-8H2,1-2H3,(H,34,35)/t15-/m1/s1. The number of amides is 1. The lowest BCUT2D eigenvalue weighted by Crippen LogP contribution is -2.38. The van der Waals surface area contributed by atoms with Gasteiger partial charge in [0.25, 0.3) is 0 Å². The Balaban J connectivity index is 1.49. The summed E-state index contributed by atoms with van der Waals surface area (Å²) in [5.74, 6) is -0.448. The van der Waals surface area contributed by atoms with E-state index in [0.717, 1.165) is 17.5 Å². The van der Waals surface area contributed by atoms with Gasteiger partial charge in [-0.1, -0.05) is 0 Å².